The van der Waals surface area contributed by atoms with Gasteiger partial charge in [0.25, 0.3) is 0 Å². The average molecular weight is 202 g/mol. The predicted octanol–water partition coefficient (Wildman–Crippen LogP) is 3.83. The zero-order valence-corrected chi connectivity index (χ0v) is 9.78. The quantitative estimate of drug-likeness (QED) is 0.467. The molecule has 0 aliphatic rings. The monoisotopic (exact) mass is 202 g/mol. The van der Waals surface area contributed by atoms with Crippen LogP contribution in [0.3, 0.4) is 0 Å². The maximum Gasteiger partial charge on any atom is 0.188 e. The van der Waals surface area contributed by atoms with Crippen LogP contribution in [0.2, 0.25) is 0 Å². The molecule has 78 valence electrons. The molecule has 0 bridgehead atoms. The highest BCUT2D eigenvalue weighted by atomic mass is 32.1. The summed E-state index contributed by atoms with van der Waals surface area (Å²) in [7, 11) is 0. The van der Waals surface area contributed by atoms with Gasteiger partial charge in [0.2, 0.25) is 0 Å². The molecule has 0 radical (unpaired) electrons. The van der Waals surface area contributed by atoms with Crippen molar-refractivity contribution in [1.29, 1.82) is 0 Å². The molecule has 0 amide bonds. The fourth-order valence-electron chi connectivity index (χ4n) is 1.50. The fraction of sp³-hybridized carbons (Fsp3) is 0.909. The van der Waals surface area contributed by atoms with Crippen molar-refractivity contribution in [1.82, 2.24) is 0 Å². The van der Waals surface area contributed by atoms with Crippen LogP contribution in [0.4, 0.5) is 0 Å². The number of hydrogen-bond donors (Lipinski definition) is 1. The van der Waals surface area contributed by atoms with Crippen LogP contribution in [0.15, 0.2) is 0 Å². The highest BCUT2D eigenvalue weighted by molar-refractivity contribution is 7.96. The first kappa shape index (κ1) is 13.0. The van der Waals surface area contributed by atoms with Gasteiger partial charge in [-0.05, 0) is 12.8 Å². The number of unbranched alkanes of at least 4 members (excludes halogenated alkanes) is 4. The van der Waals surface area contributed by atoms with Crippen LogP contribution < -0.4 is 0 Å². The molecule has 0 aliphatic carbocycles. The Morgan fingerprint density at radius 3 is 2.23 bits per heavy atom. The molecular formula is C11H22OS. The van der Waals surface area contributed by atoms with Gasteiger partial charge in [-0.3, -0.25) is 4.79 Å². The van der Waals surface area contributed by atoms with E-state index in [1.54, 1.807) is 0 Å². The number of carbonyl (C=O) groups excluding carboxylic acids is 1. The van der Waals surface area contributed by atoms with E-state index in [4.69, 9.17) is 0 Å². The van der Waals surface area contributed by atoms with Gasteiger partial charge >= 0.3 is 0 Å². The van der Waals surface area contributed by atoms with Crippen molar-refractivity contribution in [3.63, 3.8) is 0 Å². The SMILES string of the molecule is CCCCCCCC(CC)C(=O)S. The number of rotatable bonds is 8. The Labute approximate surface area is 87.7 Å². The lowest BCUT2D eigenvalue weighted by molar-refractivity contribution is -0.114. The molecule has 0 N–H and O–H groups in total. The Morgan fingerprint density at radius 2 is 1.77 bits per heavy atom. The zero-order chi connectivity index (χ0) is 10.1. The standard InChI is InChI=1S/C11H22OS/c1-3-5-6-7-8-9-10(4-2)11(12)13/h10H,3-9H2,1-2H3,(H,12,13). The first-order valence-corrected chi connectivity index (χ1v) is 5.89. The molecule has 13 heavy (non-hydrogen) atoms. The summed E-state index contributed by atoms with van der Waals surface area (Å²) in [4.78, 5) is 11.0. The minimum Gasteiger partial charge on any atom is -0.287 e. The van der Waals surface area contributed by atoms with Crippen LogP contribution in [0.5, 0.6) is 0 Å². The molecule has 0 spiro atoms. The topological polar surface area (TPSA) is 17.1 Å². The van der Waals surface area contributed by atoms with Crippen LogP contribution in [0, 0.1) is 5.92 Å². The van der Waals surface area contributed by atoms with Crippen LogP contribution in [0.1, 0.15) is 58.8 Å². The van der Waals surface area contributed by atoms with Crippen LogP contribution in [0.25, 0.3) is 0 Å². The first-order valence-electron chi connectivity index (χ1n) is 5.45. The van der Waals surface area contributed by atoms with E-state index in [0.717, 1.165) is 12.8 Å². The van der Waals surface area contributed by atoms with Gasteiger partial charge in [-0.25, -0.2) is 0 Å². The molecule has 0 heterocycles. The largest absolute Gasteiger partial charge is 0.287 e. The summed E-state index contributed by atoms with van der Waals surface area (Å²) in [6, 6.07) is 0. The van der Waals surface area contributed by atoms with Crippen molar-refractivity contribution in [3.8, 4) is 0 Å². The van der Waals surface area contributed by atoms with E-state index in [1.807, 2.05) is 0 Å². The molecule has 0 saturated heterocycles. The molecule has 0 aliphatic heterocycles. The molecule has 0 aromatic carbocycles. The summed E-state index contributed by atoms with van der Waals surface area (Å²) < 4.78 is 0. The average Bonchev–Trinajstić information content (AvgIpc) is 2.10. The summed E-state index contributed by atoms with van der Waals surface area (Å²) in [6.07, 6.45) is 8.34. The van der Waals surface area contributed by atoms with Gasteiger partial charge in [0.1, 0.15) is 0 Å². The van der Waals surface area contributed by atoms with Gasteiger partial charge in [-0.1, -0.05) is 46.0 Å². The normalized spacial score (nSPS) is 12.8. The van der Waals surface area contributed by atoms with E-state index in [-0.39, 0.29) is 11.0 Å². The number of hydrogen-bond acceptors (Lipinski definition) is 1. The molecule has 0 aromatic heterocycles. The fourth-order valence-corrected chi connectivity index (χ4v) is 1.81. The van der Waals surface area contributed by atoms with Crippen LogP contribution in [-0.2, 0) is 4.79 Å². The Balaban J connectivity index is 3.33. The maximum atomic E-state index is 11.0. The van der Waals surface area contributed by atoms with E-state index < -0.39 is 0 Å². The third kappa shape index (κ3) is 7.12. The summed E-state index contributed by atoms with van der Waals surface area (Å²) in [6.45, 7) is 4.27. The zero-order valence-electron chi connectivity index (χ0n) is 8.88. The van der Waals surface area contributed by atoms with Gasteiger partial charge in [0, 0.05) is 5.92 Å². The molecule has 1 nitrogen and oxygen atoms in total. The van der Waals surface area contributed by atoms with Crippen molar-refractivity contribution < 1.29 is 4.79 Å². The molecule has 0 aromatic rings. The lowest BCUT2D eigenvalue weighted by Gasteiger charge is -2.09. The number of carbonyl (C=O) groups is 1. The van der Waals surface area contributed by atoms with Crippen molar-refractivity contribution in [2.24, 2.45) is 5.92 Å². The Bertz CT molecular complexity index is 134. The summed E-state index contributed by atoms with van der Waals surface area (Å²) >= 11 is 3.88. The van der Waals surface area contributed by atoms with Crippen molar-refractivity contribution in [2.45, 2.75) is 58.8 Å². The lowest BCUT2D eigenvalue weighted by Crippen LogP contribution is -2.07. The first-order chi connectivity index (χ1) is 6.22. The van der Waals surface area contributed by atoms with E-state index >= 15 is 0 Å². The highest BCUT2D eigenvalue weighted by Gasteiger charge is 2.11. The van der Waals surface area contributed by atoms with E-state index in [2.05, 4.69) is 26.5 Å². The molecule has 0 saturated carbocycles. The molecule has 2 heteroatoms. The maximum absolute atomic E-state index is 11.0. The second-order valence-electron chi connectivity index (χ2n) is 3.65. The van der Waals surface area contributed by atoms with Gasteiger partial charge in [0.05, 0.1) is 0 Å². The predicted molar refractivity (Wildman–Crippen MR) is 61.2 cm³/mol. The van der Waals surface area contributed by atoms with Crippen molar-refractivity contribution in [3.05, 3.63) is 0 Å². The Kier molecular flexibility index (Phi) is 8.62. The summed E-state index contributed by atoms with van der Waals surface area (Å²) in [5, 5.41) is 0.0676. The Hall–Kier alpha value is 0.0200. The number of thiol groups is 1. The second-order valence-corrected chi connectivity index (χ2v) is 4.09. The van der Waals surface area contributed by atoms with E-state index in [1.165, 1.54) is 32.1 Å². The second kappa shape index (κ2) is 8.61. The minimum atomic E-state index is 0.0676. The molecule has 0 rings (SSSR count). The highest BCUT2D eigenvalue weighted by Crippen LogP contribution is 2.16. The third-order valence-electron chi connectivity index (χ3n) is 2.50. The van der Waals surface area contributed by atoms with Crippen molar-refractivity contribution >= 4 is 17.7 Å². The van der Waals surface area contributed by atoms with Crippen LogP contribution >= 0.6 is 12.6 Å². The third-order valence-corrected chi connectivity index (χ3v) is 2.86. The molecular weight excluding hydrogens is 180 g/mol. The summed E-state index contributed by atoms with van der Waals surface area (Å²) in [5.41, 5.74) is 0. The van der Waals surface area contributed by atoms with Crippen LogP contribution in [-0.4, -0.2) is 5.12 Å². The minimum absolute atomic E-state index is 0.0676. The van der Waals surface area contributed by atoms with Gasteiger partial charge in [-0.15, -0.1) is 12.6 Å². The van der Waals surface area contributed by atoms with Crippen molar-refractivity contribution in [2.75, 3.05) is 0 Å². The molecule has 0 fully saturated rings. The summed E-state index contributed by atoms with van der Waals surface area (Å²) in [5.74, 6) is 0.199. The van der Waals surface area contributed by atoms with Gasteiger partial charge in [0.15, 0.2) is 5.12 Å². The van der Waals surface area contributed by atoms with E-state index in [0.29, 0.717) is 0 Å². The lowest BCUT2D eigenvalue weighted by atomic mass is 9.99. The van der Waals surface area contributed by atoms with E-state index in [9.17, 15) is 4.79 Å². The van der Waals surface area contributed by atoms with Gasteiger partial charge in [-0.2, -0.15) is 0 Å². The Morgan fingerprint density at radius 1 is 1.15 bits per heavy atom. The molecule has 1 unspecified atom stereocenters. The smallest absolute Gasteiger partial charge is 0.188 e. The van der Waals surface area contributed by atoms with Gasteiger partial charge < -0.3 is 0 Å². The molecule has 1 atom stereocenters.